The molecule has 0 amide bonds. The molecule has 0 fully saturated rings. The van der Waals surface area contributed by atoms with Crippen LogP contribution < -0.4 is 14.9 Å². The zero-order chi connectivity index (χ0) is 33.4. The van der Waals surface area contributed by atoms with Crippen molar-refractivity contribution in [3.05, 3.63) is 168 Å². The predicted molar refractivity (Wildman–Crippen MR) is 189 cm³/mol. The third-order valence-electron chi connectivity index (χ3n) is 8.70. The minimum absolute atomic E-state index is 0.185. The molecule has 240 valence electrons. The fourth-order valence-corrected chi connectivity index (χ4v) is 7.28. The highest BCUT2D eigenvalue weighted by Crippen LogP contribution is 2.35. The molecule has 8 heteroatoms. The topological polar surface area (TPSA) is 65.6 Å². The van der Waals surface area contributed by atoms with Crippen molar-refractivity contribution < 1.29 is 13.9 Å². The molecule has 1 unspecified atom stereocenters. The van der Waals surface area contributed by atoms with Crippen molar-refractivity contribution in [1.82, 2.24) is 9.13 Å². The van der Waals surface area contributed by atoms with Gasteiger partial charge in [-0.1, -0.05) is 116 Å². The number of rotatable bonds is 8. The van der Waals surface area contributed by atoms with E-state index in [1.807, 2.05) is 102 Å². The minimum atomic E-state index is -0.749. The van der Waals surface area contributed by atoms with Crippen molar-refractivity contribution in [2.45, 2.75) is 39.3 Å². The zero-order valence-corrected chi connectivity index (χ0v) is 27.7. The van der Waals surface area contributed by atoms with E-state index in [0.29, 0.717) is 38.6 Å². The van der Waals surface area contributed by atoms with Crippen LogP contribution in [0.25, 0.3) is 22.7 Å². The smallest absolute Gasteiger partial charge is 0.338 e. The number of benzene rings is 4. The predicted octanol–water partition coefficient (Wildman–Crippen LogP) is 7.20. The molecular formula is C40H34FN3O3S. The van der Waals surface area contributed by atoms with E-state index in [1.165, 1.54) is 17.4 Å². The van der Waals surface area contributed by atoms with Crippen LogP contribution in [0.4, 0.5) is 4.39 Å². The molecule has 0 saturated carbocycles. The van der Waals surface area contributed by atoms with Crippen molar-refractivity contribution in [2.75, 3.05) is 6.61 Å². The maximum absolute atomic E-state index is 14.6. The van der Waals surface area contributed by atoms with E-state index in [2.05, 4.69) is 13.8 Å². The molecule has 0 aliphatic carbocycles. The second-order valence-corrected chi connectivity index (χ2v) is 13.1. The molecule has 7 rings (SSSR count). The molecule has 2 aromatic heterocycles. The van der Waals surface area contributed by atoms with Crippen molar-refractivity contribution in [3.63, 3.8) is 0 Å². The van der Waals surface area contributed by atoms with Gasteiger partial charge in [-0.05, 0) is 42.2 Å². The van der Waals surface area contributed by atoms with E-state index in [0.717, 1.165) is 33.2 Å². The standard InChI is InChI=1S/C40H34FN3O3S/c1-4-47-39(46)35-36(27-12-6-5-7-13-27)42-40-44(37(35)28-20-18-26(19-21-28)25(2)3)38(45)34(48-40)22-30-24-43(33-17-11-9-15-31(30)33)23-29-14-8-10-16-32(29)41/h5-22,24-25,37H,4,23H2,1-3H3/b34-22+. The summed E-state index contributed by atoms with van der Waals surface area (Å²) in [5.74, 6) is -0.455. The highest BCUT2D eigenvalue weighted by Gasteiger charge is 2.35. The Morgan fingerprint density at radius 2 is 1.67 bits per heavy atom. The average Bonchev–Trinajstić information content (AvgIpc) is 3.61. The molecule has 1 aliphatic rings. The molecule has 0 spiro atoms. The number of hydrogen-bond donors (Lipinski definition) is 0. The molecule has 0 radical (unpaired) electrons. The first kappa shape index (κ1) is 31.3. The molecule has 0 saturated heterocycles. The molecule has 0 bridgehead atoms. The molecule has 1 atom stereocenters. The molecule has 1 aliphatic heterocycles. The van der Waals surface area contributed by atoms with Gasteiger partial charge in [-0.2, -0.15) is 0 Å². The summed E-state index contributed by atoms with van der Waals surface area (Å²) in [6, 6.07) is 31.5. The Morgan fingerprint density at radius 1 is 0.958 bits per heavy atom. The van der Waals surface area contributed by atoms with Gasteiger partial charge < -0.3 is 9.30 Å². The summed E-state index contributed by atoms with van der Waals surface area (Å²) in [4.78, 5) is 33.7. The van der Waals surface area contributed by atoms with E-state index in [9.17, 15) is 14.0 Å². The lowest BCUT2D eigenvalue weighted by Crippen LogP contribution is -2.40. The number of nitrogens with zero attached hydrogens (tertiary/aromatic N) is 3. The zero-order valence-electron chi connectivity index (χ0n) is 26.9. The second-order valence-electron chi connectivity index (χ2n) is 12.1. The number of aromatic nitrogens is 2. The van der Waals surface area contributed by atoms with E-state index in [1.54, 1.807) is 23.6 Å². The number of carbonyl (C=O) groups excluding carboxylic acids is 1. The number of para-hydroxylation sites is 1. The molecule has 6 aromatic rings. The van der Waals surface area contributed by atoms with Crippen LogP contribution in [0.15, 0.2) is 125 Å². The van der Waals surface area contributed by atoms with Crippen LogP contribution in [-0.4, -0.2) is 21.7 Å². The Labute approximate surface area is 281 Å². The summed E-state index contributed by atoms with van der Waals surface area (Å²) >= 11 is 1.29. The fraction of sp³-hybridized carbons (Fsp3) is 0.175. The first-order chi connectivity index (χ1) is 23.3. The normalized spacial score (nSPS) is 14.8. The Kier molecular flexibility index (Phi) is 8.50. The number of ether oxygens (including phenoxy) is 1. The molecule has 4 aromatic carbocycles. The quantitative estimate of drug-likeness (QED) is 0.163. The summed E-state index contributed by atoms with van der Waals surface area (Å²) in [5, 5.41) is 0.942. The van der Waals surface area contributed by atoms with Crippen LogP contribution in [0.2, 0.25) is 0 Å². The van der Waals surface area contributed by atoms with Crippen LogP contribution >= 0.6 is 11.3 Å². The molecule has 48 heavy (non-hydrogen) atoms. The SMILES string of the molecule is CCOC(=O)C1=C(c2ccccc2)N=c2s/c(=C/c3cn(Cc4ccccc4F)c4ccccc34)c(=O)n2C1c1ccc(C(C)C)cc1. The third-order valence-corrected chi connectivity index (χ3v) is 9.68. The van der Waals surface area contributed by atoms with Crippen LogP contribution in [0, 0.1) is 5.82 Å². The minimum Gasteiger partial charge on any atom is -0.463 e. The highest BCUT2D eigenvalue weighted by molar-refractivity contribution is 7.07. The van der Waals surface area contributed by atoms with Gasteiger partial charge in [0, 0.05) is 33.8 Å². The van der Waals surface area contributed by atoms with Crippen LogP contribution in [-0.2, 0) is 16.1 Å². The summed E-state index contributed by atoms with van der Waals surface area (Å²) in [6.45, 7) is 6.56. The lowest BCUT2D eigenvalue weighted by atomic mass is 9.91. The van der Waals surface area contributed by atoms with Gasteiger partial charge in [0.25, 0.3) is 5.56 Å². The van der Waals surface area contributed by atoms with Gasteiger partial charge in [0.05, 0.1) is 35.0 Å². The lowest BCUT2D eigenvalue weighted by Gasteiger charge is -2.26. The Balaban J connectivity index is 1.45. The maximum atomic E-state index is 14.6. The Morgan fingerprint density at radius 3 is 2.40 bits per heavy atom. The number of carbonyl (C=O) groups is 1. The average molecular weight is 656 g/mol. The Bertz CT molecular complexity index is 2370. The number of halogens is 1. The number of thiazole rings is 1. The summed E-state index contributed by atoms with van der Waals surface area (Å²) in [5.41, 5.74) is 5.60. The van der Waals surface area contributed by atoms with E-state index < -0.39 is 12.0 Å². The highest BCUT2D eigenvalue weighted by atomic mass is 32.1. The number of hydrogen-bond acceptors (Lipinski definition) is 5. The summed E-state index contributed by atoms with van der Waals surface area (Å²) in [6.07, 6.45) is 3.83. The number of fused-ring (bicyclic) bond motifs is 2. The lowest BCUT2D eigenvalue weighted by molar-refractivity contribution is -0.138. The third kappa shape index (κ3) is 5.73. The van der Waals surface area contributed by atoms with Crippen molar-refractivity contribution >= 4 is 40.0 Å². The first-order valence-electron chi connectivity index (χ1n) is 16.0. The molecule has 0 N–H and O–H groups in total. The van der Waals surface area contributed by atoms with Crippen LogP contribution in [0.5, 0.6) is 0 Å². The van der Waals surface area contributed by atoms with Crippen molar-refractivity contribution in [2.24, 2.45) is 4.99 Å². The summed E-state index contributed by atoms with van der Waals surface area (Å²) in [7, 11) is 0. The van der Waals surface area contributed by atoms with Gasteiger partial charge in [-0.15, -0.1) is 0 Å². The fourth-order valence-electron chi connectivity index (χ4n) is 6.29. The van der Waals surface area contributed by atoms with Gasteiger partial charge in [-0.25, -0.2) is 14.2 Å². The second kappa shape index (κ2) is 13.0. The van der Waals surface area contributed by atoms with Gasteiger partial charge in [0.2, 0.25) is 0 Å². The first-order valence-corrected chi connectivity index (χ1v) is 16.8. The van der Waals surface area contributed by atoms with E-state index >= 15 is 0 Å². The van der Waals surface area contributed by atoms with Gasteiger partial charge in [0.15, 0.2) is 4.80 Å². The van der Waals surface area contributed by atoms with E-state index in [4.69, 9.17) is 9.73 Å². The van der Waals surface area contributed by atoms with Gasteiger partial charge >= 0.3 is 5.97 Å². The van der Waals surface area contributed by atoms with Crippen molar-refractivity contribution in [3.8, 4) is 0 Å². The van der Waals surface area contributed by atoms with Crippen LogP contribution in [0.1, 0.15) is 60.5 Å². The van der Waals surface area contributed by atoms with Gasteiger partial charge in [-0.3, -0.25) is 9.36 Å². The molecule has 6 nitrogen and oxygen atoms in total. The van der Waals surface area contributed by atoms with Gasteiger partial charge in [0.1, 0.15) is 5.82 Å². The largest absolute Gasteiger partial charge is 0.463 e. The molecular weight excluding hydrogens is 622 g/mol. The maximum Gasteiger partial charge on any atom is 0.338 e. The van der Waals surface area contributed by atoms with E-state index in [-0.39, 0.29) is 18.0 Å². The van der Waals surface area contributed by atoms with Crippen molar-refractivity contribution in [1.29, 1.82) is 0 Å². The summed E-state index contributed by atoms with van der Waals surface area (Å²) < 4.78 is 24.3. The molecule has 3 heterocycles. The monoisotopic (exact) mass is 655 g/mol. The van der Waals surface area contributed by atoms with Crippen LogP contribution in [0.3, 0.4) is 0 Å². The number of esters is 1. The Hall–Kier alpha value is -5.34.